The van der Waals surface area contributed by atoms with Crippen LogP contribution in [-0.4, -0.2) is 41.0 Å². The van der Waals surface area contributed by atoms with Gasteiger partial charge in [-0.3, -0.25) is 14.3 Å². The highest BCUT2D eigenvalue weighted by atomic mass is 32.2. The Labute approximate surface area is 195 Å². The molecule has 0 saturated carbocycles. The van der Waals surface area contributed by atoms with Gasteiger partial charge in [-0.25, -0.2) is 12.8 Å². The lowest BCUT2D eigenvalue weighted by atomic mass is 10.2. The number of carbonyl (C=O) groups is 2. The van der Waals surface area contributed by atoms with Gasteiger partial charge in [0.1, 0.15) is 22.2 Å². The first-order valence-corrected chi connectivity index (χ1v) is 11.4. The Morgan fingerprint density at radius 1 is 0.912 bits per heavy atom. The topological polar surface area (TPSA) is 123 Å². The maximum Gasteiger partial charge on any atom is 0.265 e. The lowest BCUT2D eigenvalue weighted by Crippen LogP contribution is -2.33. The van der Waals surface area contributed by atoms with Crippen LogP contribution in [-0.2, 0) is 14.8 Å². The van der Waals surface area contributed by atoms with Crippen LogP contribution in [0.2, 0.25) is 0 Å². The second kappa shape index (κ2) is 10.7. The Balaban J connectivity index is 1.71. The summed E-state index contributed by atoms with van der Waals surface area (Å²) < 4.78 is 52.2. The summed E-state index contributed by atoms with van der Waals surface area (Å²) in [5.41, 5.74) is 0.256. The molecule has 3 N–H and O–H groups in total. The molecule has 9 nitrogen and oxygen atoms in total. The second-order valence-corrected chi connectivity index (χ2v) is 8.56. The highest BCUT2D eigenvalue weighted by molar-refractivity contribution is 7.92. The Bertz CT molecular complexity index is 1300. The van der Waals surface area contributed by atoms with Crippen LogP contribution in [0.25, 0.3) is 0 Å². The fraction of sp³-hybridized carbons (Fsp3) is 0.130. The zero-order valence-corrected chi connectivity index (χ0v) is 19.1. The number of carbonyl (C=O) groups excluding carboxylic acids is 2. The predicted molar refractivity (Wildman–Crippen MR) is 124 cm³/mol. The maximum atomic E-state index is 13.7. The molecule has 3 aromatic carbocycles. The first kappa shape index (κ1) is 24.5. The summed E-state index contributed by atoms with van der Waals surface area (Å²) in [6.07, 6.45) is 0. The normalized spacial score (nSPS) is 10.8. The highest BCUT2D eigenvalue weighted by Gasteiger charge is 2.21. The molecular formula is C23H22FN3O6S. The van der Waals surface area contributed by atoms with Crippen LogP contribution in [0.1, 0.15) is 10.4 Å². The van der Waals surface area contributed by atoms with E-state index in [0.717, 1.165) is 6.07 Å². The van der Waals surface area contributed by atoms with Crippen molar-refractivity contribution in [3.63, 3.8) is 0 Å². The molecule has 0 atom stereocenters. The fourth-order valence-corrected chi connectivity index (χ4v) is 4.19. The van der Waals surface area contributed by atoms with Crippen molar-refractivity contribution in [1.82, 2.24) is 5.32 Å². The molecule has 0 aliphatic heterocycles. The smallest absolute Gasteiger partial charge is 0.265 e. The van der Waals surface area contributed by atoms with Crippen molar-refractivity contribution in [2.45, 2.75) is 4.90 Å². The summed E-state index contributed by atoms with van der Waals surface area (Å²) in [6.45, 7) is -0.453. The van der Waals surface area contributed by atoms with Crippen molar-refractivity contribution in [1.29, 1.82) is 0 Å². The molecule has 0 aliphatic carbocycles. The molecule has 0 radical (unpaired) electrons. The van der Waals surface area contributed by atoms with E-state index in [1.807, 2.05) is 0 Å². The monoisotopic (exact) mass is 487 g/mol. The van der Waals surface area contributed by atoms with E-state index in [-0.39, 0.29) is 21.9 Å². The van der Waals surface area contributed by atoms with Gasteiger partial charge in [0.2, 0.25) is 5.91 Å². The third kappa shape index (κ3) is 6.01. The van der Waals surface area contributed by atoms with Gasteiger partial charge in [-0.2, -0.15) is 0 Å². The summed E-state index contributed by atoms with van der Waals surface area (Å²) in [5.74, 6) is -1.48. The van der Waals surface area contributed by atoms with E-state index in [1.165, 1.54) is 62.8 Å². The van der Waals surface area contributed by atoms with Crippen molar-refractivity contribution in [3.8, 4) is 11.5 Å². The quantitative estimate of drug-likeness (QED) is 0.427. The van der Waals surface area contributed by atoms with E-state index in [1.54, 1.807) is 12.1 Å². The van der Waals surface area contributed by atoms with Crippen molar-refractivity contribution in [3.05, 3.63) is 78.1 Å². The molecule has 11 heteroatoms. The second-order valence-electron chi connectivity index (χ2n) is 6.91. The zero-order chi connectivity index (χ0) is 24.7. The molecule has 2 amide bonds. The molecule has 0 aromatic heterocycles. The van der Waals surface area contributed by atoms with Crippen molar-refractivity contribution < 1.29 is 31.9 Å². The maximum absolute atomic E-state index is 13.7. The van der Waals surface area contributed by atoms with Gasteiger partial charge in [0.25, 0.3) is 15.9 Å². The number of hydrogen-bond donors (Lipinski definition) is 3. The zero-order valence-electron chi connectivity index (χ0n) is 18.3. The van der Waals surface area contributed by atoms with E-state index in [4.69, 9.17) is 9.47 Å². The summed E-state index contributed by atoms with van der Waals surface area (Å²) in [4.78, 5) is 24.1. The molecule has 0 spiro atoms. The molecule has 3 rings (SSSR count). The molecule has 0 heterocycles. The number of halogens is 1. The van der Waals surface area contributed by atoms with E-state index >= 15 is 0 Å². The third-order valence-electron chi connectivity index (χ3n) is 4.61. The summed E-state index contributed by atoms with van der Waals surface area (Å²) in [5, 5.41) is 4.81. The van der Waals surface area contributed by atoms with Gasteiger partial charge < -0.3 is 20.1 Å². The van der Waals surface area contributed by atoms with Crippen LogP contribution in [0.5, 0.6) is 11.5 Å². The van der Waals surface area contributed by atoms with Gasteiger partial charge in [-0.15, -0.1) is 0 Å². The number of ether oxygens (including phenoxy) is 2. The standard InChI is InChI=1S/C23H22FN3O6S/c1-32-17-10-7-15(8-11-17)27-34(30,31)21-13-16(9-12-20(21)33-2)26-22(28)14-25-23(29)18-5-3-4-6-19(18)24/h3-13,27H,14H2,1-2H3,(H,25,29)(H,26,28). The number of nitrogens with one attached hydrogen (secondary N) is 3. The van der Waals surface area contributed by atoms with Crippen molar-refractivity contribution >= 4 is 33.2 Å². The Hall–Kier alpha value is -4.12. The number of hydrogen-bond acceptors (Lipinski definition) is 6. The molecule has 34 heavy (non-hydrogen) atoms. The van der Waals surface area contributed by atoms with Gasteiger partial charge in [-0.1, -0.05) is 12.1 Å². The van der Waals surface area contributed by atoms with Gasteiger partial charge in [-0.05, 0) is 54.6 Å². The third-order valence-corrected chi connectivity index (χ3v) is 6.01. The fourth-order valence-electron chi connectivity index (χ4n) is 2.94. The number of anilines is 2. The van der Waals surface area contributed by atoms with Crippen LogP contribution >= 0.6 is 0 Å². The first-order valence-electron chi connectivity index (χ1n) is 9.91. The number of amides is 2. The SMILES string of the molecule is COc1ccc(NS(=O)(=O)c2cc(NC(=O)CNC(=O)c3ccccc3F)ccc2OC)cc1. The molecule has 0 bridgehead atoms. The minimum Gasteiger partial charge on any atom is -0.497 e. The molecule has 0 saturated heterocycles. The van der Waals surface area contributed by atoms with Crippen molar-refractivity contribution in [2.24, 2.45) is 0 Å². The molecule has 0 fully saturated rings. The Kier molecular flexibility index (Phi) is 7.69. The molecule has 0 aliphatic rings. The molecular weight excluding hydrogens is 465 g/mol. The lowest BCUT2D eigenvalue weighted by Gasteiger charge is -2.14. The Morgan fingerprint density at radius 3 is 2.24 bits per heavy atom. The van der Waals surface area contributed by atoms with Crippen LogP contribution in [0, 0.1) is 5.82 Å². The van der Waals surface area contributed by atoms with Crippen LogP contribution < -0.4 is 24.8 Å². The minimum atomic E-state index is -4.08. The van der Waals surface area contributed by atoms with Crippen LogP contribution in [0.4, 0.5) is 15.8 Å². The number of methoxy groups -OCH3 is 2. The average molecular weight is 488 g/mol. The lowest BCUT2D eigenvalue weighted by molar-refractivity contribution is -0.115. The van der Waals surface area contributed by atoms with Crippen LogP contribution in [0.15, 0.2) is 71.6 Å². The highest BCUT2D eigenvalue weighted by Crippen LogP contribution is 2.29. The van der Waals surface area contributed by atoms with E-state index < -0.39 is 34.2 Å². The number of benzene rings is 3. The van der Waals surface area contributed by atoms with Gasteiger partial charge in [0.05, 0.1) is 26.3 Å². The van der Waals surface area contributed by atoms with Gasteiger partial charge in [0.15, 0.2) is 0 Å². The van der Waals surface area contributed by atoms with Gasteiger partial charge in [0, 0.05) is 11.4 Å². The number of sulfonamides is 1. The summed E-state index contributed by atoms with van der Waals surface area (Å²) >= 11 is 0. The van der Waals surface area contributed by atoms with Gasteiger partial charge >= 0.3 is 0 Å². The Morgan fingerprint density at radius 2 is 1.59 bits per heavy atom. The summed E-state index contributed by atoms with van der Waals surface area (Å²) in [6, 6.07) is 15.7. The van der Waals surface area contributed by atoms with E-state index in [2.05, 4.69) is 15.4 Å². The molecule has 178 valence electrons. The molecule has 0 unspecified atom stereocenters. The number of rotatable bonds is 9. The average Bonchev–Trinajstić information content (AvgIpc) is 2.83. The largest absolute Gasteiger partial charge is 0.497 e. The van der Waals surface area contributed by atoms with E-state index in [9.17, 15) is 22.4 Å². The first-order chi connectivity index (χ1) is 16.2. The molecule has 3 aromatic rings. The minimum absolute atomic E-state index is 0.0619. The predicted octanol–water partition coefficient (Wildman–Crippen LogP) is 3.01. The van der Waals surface area contributed by atoms with Crippen LogP contribution in [0.3, 0.4) is 0 Å². The van der Waals surface area contributed by atoms with E-state index in [0.29, 0.717) is 11.4 Å². The summed E-state index contributed by atoms with van der Waals surface area (Å²) in [7, 11) is -1.27. The van der Waals surface area contributed by atoms with Crippen molar-refractivity contribution in [2.75, 3.05) is 30.8 Å².